The zero-order valence-corrected chi connectivity index (χ0v) is 21.1. The van der Waals surface area contributed by atoms with Gasteiger partial charge in [-0.25, -0.2) is 4.99 Å². The first-order valence-electron chi connectivity index (χ1n) is 9.95. The summed E-state index contributed by atoms with van der Waals surface area (Å²) in [6.07, 6.45) is 0.820. The van der Waals surface area contributed by atoms with E-state index in [1.165, 1.54) is 0 Å². The van der Waals surface area contributed by atoms with E-state index < -0.39 is 0 Å². The van der Waals surface area contributed by atoms with Gasteiger partial charge >= 0.3 is 0 Å². The highest BCUT2D eigenvalue weighted by atomic mass is 127. The Labute approximate surface area is 205 Å². The SMILES string of the molecule is CCNC(=NCc1cc(Cl)c2c(c1)OCCO2)NCCc1ccc(OC)c(OC)c1.I. The first-order valence-corrected chi connectivity index (χ1v) is 10.3. The molecule has 0 spiro atoms. The Balaban J connectivity index is 0.00000341. The maximum absolute atomic E-state index is 6.32. The molecular weight excluding hydrogens is 533 g/mol. The monoisotopic (exact) mass is 561 g/mol. The number of methoxy groups -OCH3 is 2. The number of hydrogen-bond acceptors (Lipinski definition) is 5. The topological polar surface area (TPSA) is 73.3 Å². The van der Waals surface area contributed by atoms with Gasteiger partial charge in [0, 0.05) is 13.1 Å². The lowest BCUT2D eigenvalue weighted by molar-refractivity contribution is 0.171. The number of hydrogen-bond donors (Lipinski definition) is 2. The molecule has 0 fully saturated rings. The largest absolute Gasteiger partial charge is 0.493 e. The summed E-state index contributed by atoms with van der Waals surface area (Å²) in [7, 11) is 3.27. The molecule has 0 saturated carbocycles. The van der Waals surface area contributed by atoms with Crippen LogP contribution in [0.25, 0.3) is 0 Å². The summed E-state index contributed by atoms with van der Waals surface area (Å²) in [5.74, 6) is 3.47. The second-order valence-electron chi connectivity index (χ2n) is 6.66. The van der Waals surface area contributed by atoms with Crippen molar-refractivity contribution in [1.29, 1.82) is 0 Å². The average molecular weight is 562 g/mol. The summed E-state index contributed by atoms with van der Waals surface area (Å²) < 4.78 is 21.9. The standard InChI is InChI=1S/C22H28ClN3O4.HI/c1-4-24-22(25-8-7-15-5-6-18(27-2)19(12-15)28-3)26-14-16-11-17(23)21-20(13-16)29-9-10-30-21;/h5-6,11-13H,4,7-10,14H2,1-3H3,(H2,24,25,26);1H. The van der Waals surface area contributed by atoms with Crippen molar-refractivity contribution in [1.82, 2.24) is 10.6 Å². The van der Waals surface area contributed by atoms with Gasteiger partial charge < -0.3 is 29.6 Å². The Kier molecular flexibility index (Phi) is 10.3. The fourth-order valence-corrected chi connectivity index (χ4v) is 3.42. The molecule has 0 saturated heterocycles. The van der Waals surface area contributed by atoms with Crippen LogP contribution in [0, 0.1) is 0 Å². The highest BCUT2D eigenvalue weighted by molar-refractivity contribution is 14.0. The summed E-state index contributed by atoms with van der Waals surface area (Å²) in [5, 5.41) is 7.17. The van der Waals surface area contributed by atoms with Gasteiger partial charge in [0.1, 0.15) is 13.2 Å². The molecule has 0 aliphatic carbocycles. The van der Waals surface area contributed by atoms with Gasteiger partial charge in [-0.1, -0.05) is 17.7 Å². The van der Waals surface area contributed by atoms with E-state index in [0.29, 0.717) is 36.3 Å². The van der Waals surface area contributed by atoms with Crippen LogP contribution in [0.4, 0.5) is 0 Å². The van der Waals surface area contributed by atoms with E-state index in [0.717, 1.165) is 48.1 Å². The normalized spacial score (nSPS) is 12.6. The smallest absolute Gasteiger partial charge is 0.191 e. The molecule has 1 aliphatic heterocycles. The fraction of sp³-hybridized carbons (Fsp3) is 0.409. The second-order valence-corrected chi connectivity index (χ2v) is 7.07. The first-order chi connectivity index (χ1) is 14.6. The van der Waals surface area contributed by atoms with Crippen molar-refractivity contribution in [2.45, 2.75) is 19.9 Å². The maximum Gasteiger partial charge on any atom is 0.191 e. The zero-order valence-electron chi connectivity index (χ0n) is 18.0. The third kappa shape index (κ3) is 6.96. The molecule has 1 heterocycles. The van der Waals surface area contributed by atoms with Crippen molar-refractivity contribution in [3.8, 4) is 23.0 Å². The summed E-state index contributed by atoms with van der Waals surface area (Å²) in [4.78, 5) is 4.66. The Hall–Kier alpha value is -2.07. The van der Waals surface area contributed by atoms with Crippen molar-refractivity contribution >= 4 is 41.5 Å². The van der Waals surface area contributed by atoms with Crippen LogP contribution in [0.3, 0.4) is 0 Å². The third-order valence-corrected chi connectivity index (χ3v) is 4.86. The summed E-state index contributed by atoms with van der Waals surface area (Å²) in [5.41, 5.74) is 2.11. The quantitative estimate of drug-likeness (QED) is 0.288. The highest BCUT2D eigenvalue weighted by Crippen LogP contribution is 2.38. The predicted octanol–water partition coefficient (Wildman–Crippen LogP) is 4.04. The van der Waals surface area contributed by atoms with E-state index in [-0.39, 0.29) is 24.0 Å². The van der Waals surface area contributed by atoms with Crippen LogP contribution in [0.1, 0.15) is 18.1 Å². The van der Waals surface area contributed by atoms with Gasteiger partial charge in [0.2, 0.25) is 0 Å². The van der Waals surface area contributed by atoms with Crippen LogP contribution >= 0.6 is 35.6 Å². The molecule has 2 aromatic rings. The Morgan fingerprint density at radius 1 is 1.03 bits per heavy atom. The first kappa shape index (κ1) is 25.2. The Bertz CT molecular complexity index is 895. The molecule has 0 unspecified atom stereocenters. The number of fused-ring (bicyclic) bond motifs is 1. The molecule has 0 amide bonds. The molecule has 170 valence electrons. The summed E-state index contributed by atoms with van der Waals surface area (Å²) in [6, 6.07) is 9.73. The maximum atomic E-state index is 6.32. The molecule has 7 nitrogen and oxygen atoms in total. The van der Waals surface area contributed by atoms with E-state index in [4.69, 9.17) is 30.5 Å². The highest BCUT2D eigenvalue weighted by Gasteiger charge is 2.16. The van der Waals surface area contributed by atoms with Gasteiger partial charge in [-0.15, -0.1) is 24.0 Å². The Morgan fingerprint density at radius 2 is 1.81 bits per heavy atom. The van der Waals surface area contributed by atoms with Crippen LogP contribution in [0.5, 0.6) is 23.0 Å². The number of benzene rings is 2. The van der Waals surface area contributed by atoms with Crippen molar-refractivity contribution in [2.24, 2.45) is 4.99 Å². The molecule has 0 bridgehead atoms. The minimum absolute atomic E-state index is 0. The molecule has 2 aromatic carbocycles. The minimum atomic E-state index is 0. The summed E-state index contributed by atoms with van der Waals surface area (Å²) >= 11 is 6.32. The fourth-order valence-electron chi connectivity index (χ4n) is 3.13. The van der Waals surface area contributed by atoms with E-state index in [2.05, 4.69) is 15.6 Å². The lowest BCUT2D eigenvalue weighted by atomic mass is 10.1. The number of nitrogens with one attached hydrogen (secondary N) is 2. The number of rotatable bonds is 8. The van der Waals surface area contributed by atoms with Gasteiger partial charge in [-0.05, 0) is 48.7 Å². The van der Waals surface area contributed by atoms with Crippen molar-refractivity contribution < 1.29 is 18.9 Å². The zero-order chi connectivity index (χ0) is 21.3. The van der Waals surface area contributed by atoms with E-state index in [1.807, 2.05) is 37.3 Å². The number of halogens is 2. The number of ether oxygens (including phenoxy) is 4. The van der Waals surface area contributed by atoms with Gasteiger partial charge in [-0.3, -0.25) is 0 Å². The van der Waals surface area contributed by atoms with E-state index in [1.54, 1.807) is 14.2 Å². The molecule has 1 aliphatic rings. The molecule has 0 radical (unpaired) electrons. The lowest BCUT2D eigenvalue weighted by Gasteiger charge is -2.20. The second kappa shape index (κ2) is 12.7. The van der Waals surface area contributed by atoms with Gasteiger partial charge in [0.25, 0.3) is 0 Å². The summed E-state index contributed by atoms with van der Waals surface area (Å²) in [6.45, 7) is 5.04. The molecule has 3 rings (SSSR count). The Morgan fingerprint density at radius 3 is 2.55 bits per heavy atom. The van der Waals surface area contributed by atoms with Crippen LogP contribution in [-0.2, 0) is 13.0 Å². The average Bonchev–Trinajstić information content (AvgIpc) is 2.77. The molecule has 0 aromatic heterocycles. The van der Waals surface area contributed by atoms with Crippen molar-refractivity contribution in [3.05, 3.63) is 46.5 Å². The van der Waals surface area contributed by atoms with E-state index >= 15 is 0 Å². The third-order valence-electron chi connectivity index (χ3n) is 4.57. The predicted molar refractivity (Wildman–Crippen MR) is 134 cm³/mol. The van der Waals surface area contributed by atoms with Crippen LogP contribution < -0.4 is 29.6 Å². The van der Waals surface area contributed by atoms with Gasteiger partial charge in [-0.2, -0.15) is 0 Å². The number of guanidine groups is 1. The molecule has 9 heteroatoms. The minimum Gasteiger partial charge on any atom is -0.493 e. The van der Waals surface area contributed by atoms with Gasteiger partial charge in [0.05, 0.1) is 25.8 Å². The van der Waals surface area contributed by atoms with Crippen LogP contribution in [0.2, 0.25) is 5.02 Å². The number of nitrogens with zero attached hydrogens (tertiary/aromatic N) is 1. The van der Waals surface area contributed by atoms with E-state index in [9.17, 15) is 0 Å². The van der Waals surface area contributed by atoms with Crippen LogP contribution in [-0.4, -0.2) is 46.5 Å². The molecule has 0 atom stereocenters. The van der Waals surface area contributed by atoms with Crippen molar-refractivity contribution in [3.63, 3.8) is 0 Å². The molecular formula is C22H29ClIN3O4. The van der Waals surface area contributed by atoms with Crippen LogP contribution in [0.15, 0.2) is 35.3 Å². The molecule has 31 heavy (non-hydrogen) atoms. The van der Waals surface area contributed by atoms with Crippen molar-refractivity contribution in [2.75, 3.05) is 40.5 Å². The van der Waals surface area contributed by atoms with Gasteiger partial charge in [0.15, 0.2) is 29.0 Å². The lowest BCUT2D eigenvalue weighted by Crippen LogP contribution is -2.38. The molecule has 2 N–H and O–H groups in total. The number of aliphatic imine (C=N–C) groups is 1.